The first kappa shape index (κ1) is 10.2. The molecule has 0 spiro atoms. The number of piperidine rings is 1. The van der Waals surface area contributed by atoms with Gasteiger partial charge in [0.15, 0.2) is 0 Å². The Morgan fingerprint density at radius 1 is 1.36 bits per heavy atom. The Labute approximate surface area is 87.4 Å². The van der Waals surface area contributed by atoms with Crippen LogP contribution in [0, 0.1) is 5.41 Å². The van der Waals surface area contributed by atoms with Crippen molar-refractivity contribution in [1.82, 2.24) is 10.2 Å². The van der Waals surface area contributed by atoms with Gasteiger partial charge in [0, 0.05) is 25.7 Å². The zero-order chi connectivity index (χ0) is 10.0. The van der Waals surface area contributed by atoms with Gasteiger partial charge in [-0.05, 0) is 24.8 Å². The van der Waals surface area contributed by atoms with Crippen LogP contribution in [-0.2, 0) is 0 Å². The third kappa shape index (κ3) is 2.18. The molecule has 2 aliphatic rings. The van der Waals surface area contributed by atoms with E-state index >= 15 is 0 Å². The largest absolute Gasteiger partial charge is 0.312 e. The van der Waals surface area contributed by atoms with Gasteiger partial charge in [-0.15, -0.1) is 0 Å². The molecule has 2 heteroatoms. The molecule has 1 fully saturated rings. The van der Waals surface area contributed by atoms with Crippen LogP contribution in [-0.4, -0.2) is 37.1 Å². The van der Waals surface area contributed by atoms with E-state index in [4.69, 9.17) is 0 Å². The van der Waals surface area contributed by atoms with Gasteiger partial charge in [0.05, 0.1) is 0 Å². The fourth-order valence-electron chi connectivity index (χ4n) is 2.51. The van der Waals surface area contributed by atoms with Crippen LogP contribution in [0.1, 0.15) is 26.7 Å². The van der Waals surface area contributed by atoms with Crippen LogP contribution in [0.25, 0.3) is 0 Å². The highest BCUT2D eigenvalue weighted by atomic mass is 15.2. The van der Waals surface area contributed by atoms with Gasteiger partial charge in [-0.1, -0.05) is 26.0 Å². The summed E-state index contributed by atoms with van der Waals surface area (Å²) in [5.41, 5.74) is 0.473. The van der Waals surface area contributed by atoms with Gasteiger partial charge in [-0.3, -0.25) is 4.90 Å². The predicted octanol–water partition coefficient (Wildman–Crippen LogP) is 1.64. The molecule has 0 aliphatic carbocycles. The minimum absolute atomic E-state index is 0.473. The van der Waals surface area contributed by atoms with Crippen LogP contribution >= 0.6 is 0 Å². The standard InChI is InChI=1S/C12H22N2/c1-12(2)6-5-7-13-11(12)10-14-8-3-4-9-14/h3-4,11,13H,5-10H2,1-2H3. The highest BCUT2D eigenvalue weighted by molar-refractivity contribution is 4.98. The molecule has 0 radical (unpaired) electrons. The van der Waals surface area contributed by atoms with Crippen molar-refractivity contribution >= 4 is 0 Å². The maximum absolute atomic E-state index is 3.67. The van der Waals surface area contributed by atoms with Crippen molar-refractivity contribution in [3.05, 3.63) is 12.2 Å². The molecule has 2 rings (SSSR count). The number of nitrogens with one attached hydrogen (secondary N) is 1. The molecule has 0 aromatic carbocycles. The Morgan fingerprint density at radius 2 is 2.07 bits per heavy atom. The van der Waals surface area contributed by atoms with Crippen LogP contribution in [0.3, 0.4) is 0 Å². The van der Waals surface area contributed by atoms with Gasteiger partial charge in [0.2, 0.25) is 0 Å². The molecule has 80 valence electrons. The molecule has 0 saturated carbocycles. The van der Waals surface area contributed by atoms with E-state index in [1.807, 2.05) is 0 Å². The van der Waals surface area contributed by atoms with Gasteiger partial charge in [0.25, 0.3) is 0 Å². The highest BCUT2D eigenvalue weighted by Gasteiger charge is 2.32. The first-order chi connectivity index (χ1) is 6.68. The van der Waals surface area contributed by atoms with E-state index in [0.29, 0.717) is 11.5 Å². The van der Waals surface area contributed by atoms with Crippen molar-refractivity contribution in [1.29, 1.82) is 0 Å². The molecule has 2 nitrogen and oxygen atoms in total. The Hall–Kier alpha value is -0.340. The molecule has 1 saturated heterocycles. The van der Waals surface area contributed by atoms with Gasteiger partial charge in [-0.2, -0.15) is 0 Å². The second-order valence-electron chi connectivity index (χ2n) is 5.29. The van der Waals surface area contributed by atoms with E-state index in [-0.39, 0.29) is 0 Å². The molecule has 2 heterocycles. The molecule has 14 heavy (non-hydrogen) atoms. The van der Waals surface area contributed by atoms with Crippen LogP contribution in [0.2, 0.25) is 0 Å². The third-order valence-electron chi connectivity index (χ3n) is 3.67. The van der Waals surface area contributed by atoms with Crippen molar-refractivity contribution in [3.63, 3.8) is 0 Å². The molecular formula is C12H22N2. The fourth-order valence-corrected chi connectivity index (χ4v) is 2.51. The normalized spacial score (nSPS) is 32.3. The van der Waals surface area contributed by atoms with E-state index < -0.39 is 0 Å². The molecule has 0 bridgehead atoms. The maximum Gasteiger partial charge on any atom is 0.0246 e. The summed E-state index contributed by atoms with van der Waals surface area (Å²) in [6.45, 7) is 9.50. The lowest BCUT2D eigenvalue weighted by Crippen LogP contribution is -2.52. The lowest BCUT2D eigenvalue weighted by molar-refractivity contribution is 0.140. The number of nitrogens with zero attached hydrogens (tertiary/aromatic N) is 1. The smallest absolute Gasteiger partial charge is 0.0246 e. The summed E-state index contributed by atoms with van der Waals surface area (Å²) < 4.78 is 0. The Bertz CT molecular complexity index is 212. The molecular weight excluding hydrogens is 172 g/mol. The van der Waals surface area contributed by atoms with E-state index in [0.717, 1.165) is 13.1 Å². The summed E-state index contributed by atoms with van der Waals surface area (Å²) in [5.74, 6) is 0. The summed E-state index contributed by atoms with van der Waals surface area (Å²) in [6.07, 6.45) is 7.25. The zero-order valence-electron chi connectivity index (χ0n) is 9.42. The van der Waals surface area contributed by atoms with Crippen LogP contribution < -0.4 is 5.32 Å². The van der Waals surface area contributed by atoms with E-state index in [9.17, 15) is 0 Å². The molecule has 1 N–H and O–H groups in total. The summed E-state index contributed by atoms with van der Waals surface area (Å²) in [4.78, 5) is 2.52. The Kier molecular flexibility index (Phi) is 2.93. The van der Waals surface area contributed by atoms with Crippen molar-refractivity contribution in [2.75, 3.05) is 26.2 Å². The highest BCUT2D eigenvalue weighted by Crippen LogP contribution is 2.30. The second kappa shape index (κ2) is 4.03. The minimum Gasteiger partial charge on any atom is -0.312 e. The van der Waals surface area contributed by atoms with Crippen molar-refractivity contribution in [2.45, 2.75) is 32.7 Å². The average molecular weight is 194 g/mol. The SMILES string of the molecule is CC1(C)CCCNC1CN1CC=CC1. The lowest BCUT2D eigenvalue weighted by atomic mass is 9.77. The predicted molar refractivity (Wildman–Crippen MR) is 60.4 cm³/mol. The monoisotopic (exact) mass is 194 g/mol. The van der Waals surface area contributed by atoms with E-state index in [1.54, 1.807) is 0 Å². The van der Waals surface area contributed by atoms with Crippen LogP contribution in [0.15, 0.2) is 12.2 Å². The summed E-state index contributed by atoms with van der Waals surface area (Å²) in [6, 6.07) is 0.677. The topological polar surface area (TPSA) is 15.3 Å². The Balaban J connectivity index is 1.88. The van der Waals surface area contributed by atoms with Crippen molar-refractivity contribution < 1.29 is 0 Å². The molecule has 2 aliphatic heterocycles. The van der Waals surface area contributed by atoms with Gasteiger partial charge in [-0.25, -0.2) is 0 Å². The van der Waals surface area contributed by atoms with Gasteiger partial charge >= 0.3 is 0 Å². The molecule has 1 unspecified atom stereocenters. The number of hydrogen-bond donors (Lipinski definition) is 1. The molecule has 1 atom stereocenters. The number of rotatable bonds is 2. The zero-order valence-corrected chi connectivity index (χ0v) is 9.42. The Morgan fingerprint density at radius 3 is 2.71 bits per heavy atom. The van der Waals surface area contributed by atoms with Gasteiger partial charge in [0.1, 0.15) is 0 Å². The molecule has 0 aromatic rings. The van der Waals surface area contributed by atoms with Crippen molar-refractivity contribution in [3.8, 4) is 0 Å². The third-order valence-corrected chi connectivity index (χ3v) is 3.67. The fraction of sp³-hybridized carbons (Fsp3) is 0.833. The molecule has 0 aromatic heterocycles. The second-order valence-corrected chi connectivity index (χ2v) is 5.29. The quantitative estimate of drug-likeness (QED) is 0.672. The average Bonchev–Trinajstić information content (AvgIpc) is 2.61. The van der Waals surface area contributed by atoms with Crippen LogP contribution in [0.4, 0.5) is 0 Å². The maximum atomic E-state index is 3.67. The van der Waals surface area contributed by atoms with Gasteiger partial charge < -0.3 is 5.32 Å². The van der Waals surface area contributed by atoms with Crippen molar-refractivity contribution in [2.24, 2.45) is 5.41 Å². The van der Waals surface area contributed by atoms with E-state index in [2.05, 4.69) is 36.2 Å². The first-order valence-electron chi connectivity index (χ1n) is 5.79. The summed E-state index contributed by atoms with van der Waals surface area (Å²) >= 11 is 0. The van der Waals surface area contributed by atoms with Crippen LogP contribution in [0.5, 0.6) is 0 Å². The summed E-state index contributed by atoms with van der Waals surface area (Å²) in [7, 11) is 0. The lowest BCUT2D eigenvalue weighted by Gasteiger charge is -2.41. The first-order valence-corrected chi connectivity index (χ1v) is 5.79. The molecule has 0 amide bonds. The minimum atomic E-state index is 0.473. The van der Waals surface area contributed by atoms with E-state index in [1.165, 1.54) is 25.9 Å². The summed E-state index contributed by atoms with van der Waals surface area (Å²) in [5, 5.41) is 3.67. The number of hydrogen-bond acceptors (Lipinski definition) is 2.